The van der Waals surface area contributed by atoms with E-state index in [1.165, 1.54) is 6.33 Å². The molecule has 0 unspecified atom stereocenters. The molecule has 1 fully saturated rings. The third-order valence-corrected chi connectivity index (χ3v) is 7.14. The monoisotopic (exact) mass is 451 g/mol. The normalized spacial score (nSPS) is 15.0. The molecule has 3 aromatic heterocycles. The molecule has 4 aromatic rings. The average Bonchev–Trinajstić information content (AvgIpc) is 3.36. The first-order valence-corrected chi connectivity index (χ1v) is 11.2. The number of nitrogens with two attached hydrogens (primary N) is 2. The highest BCUT2D eigenvalue weighted by Crippen LogP contribution is 2.42. The molecule has 1 saturated heterocycles. The summed E-state index contributed by atoms with van der Waals surface area (Å²) in [5.74, 6) is 1.32. The highest BCUT2D eigenvalue weighted by atomic mass is 32.1. The van der Waals surface area contributed by atoms with E-state index in [0.717, 1.165) is 56.1 Å². The fourth-order valence-corrected chi connectivity index (χ4v) is 5.49. The van der Waals surface area contributed by atoms with Crippen LogP contribution in [0.25, 0.3) is 26.0 Å². The molecular weight excluding hydrogens is 426 g/mol. The number of carbonyl (C=O) groups is 1. The SMILES string of the molecule is COc1cc(C)cc2cc(-c3cc(CN4CCN(C(N)=O)CC4)n4ncnc(N)c34)sc12. The number of amides is 2. The molecular formula is C22H25N7O2S. The van der Waals surface area contributed by atoms with Crippen LogP contribution in [0.2, 0.25) is 0 Å². The number of nitrogen functional groups attached to an aromatic ring is 1. The Hall–Kier alpha value is -3.37. The number of anilines is 1. The van der Waals surface area contributed by atoms with Gasteiger partial charge in [-0.3, -0.25) is 4.90 Å². The van der Waals surface area contributed by atoms with Gasteiger partial charge in [0, 0.05) is 43.2 Å². The Morgan fingerprint density at radius 1 is 1.19 bits per heavy atom. The molecule has 0 bridgehead atoms. The Labute approximate surface area is 189 Å². The maximum absolute atomic E-state index is 11.4. The van der Waals surface area contributed by atoms with Gasteiger partial charge in [0.05, 0.1) is 17.5 Å². The van der Waals surface area contributed by atoms with Crippen molar-refractivity contribution < 1.29 is 9.53 Å². The Bertz CT molecular complexity index is 1320. The van der Waals surface area contributed by atoms with E-state index in [9.17, 15) is 4.79 Å². The van der Waals surface area contributed by atoms with Crippen molar-refractivity contribution in [2.45, 2.75) is 13.5 Å². The van der Waals surface area contributed by atoms with Gasteiger partial charge in [0.2, 0.25) is 0 Å². The Balaban J connectivity index is 1.55. The minimum atomic E-state index is -0.365. The maximum Gasteiger partial charge on any atom is 0.314 e. The molecule has 0 radical (unpaired) electrons. The summed E-state index contributed by atoms with van der Waals surface area (Å²) < 4.78 is 8.60. The van der Waals surface area contributed by atoms with Gasteiger partial charge in [0.15, 0.2) is 5.82 Å². The quantitative estimate of drug-likeness (QED) is 0.493. The lowest BCUT2D eigenvalue weighted by Gasteiger charge is -2.33. The number of urea groups is 1. The van der Waals surface area contributed by atoms with E-state index in [0.29, 0.717) is 25.5 Å². The van der Waals surface area contributed by atoms with Gasteiger partial charge in [0.25, 0.3) is 0 Å². The van der Waals surface area contributed by atoms with Gasteiger partial charge in [-0.05, 0) is 36.1 Å². The van der Waals surface area contributed by atoms with Gasteiger partial charge in [-0.15, -0.1) is 11.3 Å². The van der Waals surface area contributed by atoms with Gasteiger partial charge in [-0.25, -0.2) is 14.3 Å². The van der Waals surface area contributed by atoms with Crippen LogP contribution in [-0.2, 0) is 6.54 Å². The number of aryl methyl sites for hydroxylation is 1. The lowest BCUT2D eigenvalue weighted by atomic mass is 10.1. The van der Waals surface area contributed by atoms with E-state index in [4.69, 9.17) is 16.2 Å². The second-order valence-corrected chi connectivity index (χ2v) is 9.10. The summed E-state index contributed by atoms with van der Waals surface area (Å²) in [7, 11) is 1.70. The standard InChI is InChI=1S/C22H25N7O2S/c1-13-7-14-9-18(32-20(14)17(8-13)31-2)16-10-15(29-19(16)21(23)25-12-26-29)11-27-3-5-28(6-4-27)22(24)30/h7-10,12H,3-6,11H2,1-2H3,(H2,24,30)(H2,23,25,26). The first kappa shape index (κ1) is 20.5. The first-order chi connectivity index (χ1) is 15.4. The van der Waals surface area contributed by atoms with Crippen molar-refractivity contribution in [1.82, 2.24) is 24.4 Å². The van der Waals surface area contributed by atoms with Crippen LogP contribution < -0.4 is 16.2 Å². The predicted molar refractivity (Wildman–Crippen MR) is 126 cm³/mol. The molecule has 1 aliphatic heterocycles. The molecule has 1 aromatic carbocycles. The van der Waals surface area contributed by atoms with E-state index in [-0.39, 0.29) is 6.03 Å². The van der Waals surface area contributed by atoms with Crippen molar-refractivity contribution in [2.75, 3.05) is 39.0 Å². The molecule has 166 valence electrons. The highest BCUT2D eigenvalue weighted by molar-refractivity contribution is 7.22. The van der Waals surface area contributed by atoms with E-state index in [2.05, 4.69) is 46.2 Å². The van der Waals surface area contributed by atoms with E-state index in [1.54, 1.807) is 23.3 Å². The summed E-state index contributed by atoms with van der Waals surface area (Å²) in [6, 6.07) is 8.16. The molecule has 5 rings (SSSR count). The van der Waals surface area contributed by atoms with Crippen molar-refractivity contribution in [3.05, 3.63) is 41.9 Å². The molecule has 1 aliphatic rings. The molecule has 0 atom stereocenters. The topological polar surface area (TPSA) is 115 Å². The van der Waals surface area contributed by atoms with Crippen LogP contribution in [0.4, 0.5) is 10.6 Å². The number of primary amides is 1. The molecule has 0 aliphatic carbocycles. The van der Waals surface area contributed by atoms with Crippen LogP contribution >= 0.6 is 11.3 Å². The van der Waals surface area contributed by atoms with Gasteiger partial charge in [-0.1, -0.05) is 6.07 Å². The van der Waals surface area contributed by atoms with Gasteiger partial charge in [0.1, 0.15) is 17.6 Å². The third-order valence-electron chi connectivity index (χ3n) is 5.94. The number of aromatic nitrogens is 3. The number of rotatable bonds is 4. The fourth-order valence-electron chi connectivity index (χ4n) is 4.34. The van der Waals surface area contributed by atoms with Crippen molar-refractivity contribution >= 4 is 38.8 Å². The largest absolute Gasteiger partial charge is 0.495 e. The summed E-state index contributed by atoms with van der Waals surface area (Å²) in [5, 5.41) is 5.63. The smallest absolute Gasteiger partial charge is 0.314 e. The highest BCUT2D eigenvalue weighted by Gasteiger charge is 2.23. The van der Waals surface area contributed by atoms with Crippen molar-refractivity contribution in [2.24, 2.45) is 5.73 Å². The van der Waals surface area contributed by atoms with Crippen molar-refractivity contribution in [3.8, 4) is 16.2 Å². The Kier molecular flexibility index (Phi) is 5.10. The molecule has 2 amide bonds. The maximum atomic E-state index is 11.4. The molecule has 9 nitrogen and oxygen atoms in total. The number of fused-ring (bicyclic) bond motifs is 2. The zero-order valence-electron chi connectivity index (χ0n) is 18.0. The second kappa shape index (κ2) is 7.95. The first-order valence-electron chi connectivity index (χ1n) is 10.4. The summed E-state index contributed by atoms with van der Waals surface area (Å²) in [6.07, 6.45) is 1.48. The van der Waals surface area contributed by atoms with Crippen LogP contribution in [-0.4, -0.2) is 63.7 Å². The second-order valence-electron chi connectivity index (χ2n) is 8.05. The number of ether oxygens (including phenoxy) is 1. The van der Waals surface area contributed by atoms with Gasteiger partial charge >= 0.3 is 6.03 Å². The number of thiophene rings is 1. The summed E-state index contributed by atoms with van der Waals surface area (Å²) in [5.41, 5.74) is 15.7. The van der Waals surface area contributed by atoms with Gasteiger partial charge in [-0.2, -0.15) is 5.10 Å². The van der Waals surface area contributed by atoms with E-state index < -0.39 is 0 Å². The average molecular weight is 452 g/mol. The van der Waals surface area contributed by atoms with E-state index in [1.807, 2.05) is 4.52 Å². The summed E-state index contributed by atoms with van der Waals surface area (Å²) >= 11 is 1.68. The number of piperazine rings is 1. The lowest BCUT2D eigenvalue weighted by molar-refractivity contribution is 0.139. The number of nitrogens with zero attached hydrogens (tertiary/aromatic N) is 5. The van der Waals surface area contributed by atoms with Crippen molar-refractivity contribution in [3.63, 3.8) is 0 Å². The number of hydrogen-bond acceptors (Lipinski definition) is 7. The molecule has 0 spiro atoms. The summed E-state index contributed by atoms with van der Waals surface area (Å²) in [4.78, 5) is 20.7. The zero-order chi connectivity index (χ0) is 22.4. The summed E-state index contributed by atoms with van der Waals surface area (Å²) in [6.45, 7) is 5.51. The Morgan fingerprint density at radius 3 is 2.69 bits per heavy atom. The fraction of sp³-hybridized carbons (Fsp3) is 0.318. The number of carbonyl (C=O) groups excluding carboxylic acids is 1. The van der Waals surface area contributed by atoms with Crippen LogP contribution in [0.15, 0.2) is 30.6 Å². The number of hydrogen-bond donors (Lipinski definition) is 2. The zero-order valence-corrected chi connectivity index (χ0v) is 18.9. The van der Waals surface area contributed by atoms with Crippen LogP contribution in [0, 0.1) is 6.92 Å². The Morgan fingerprint density at radius 2 is 1.97 bits per heavy atom. The minimum Gasteiger partial charge on any atom is -0.495 e. The molecule has 4 heterocycles. The molecule has 0 saturated carbocycles. The molecule has 10 heteroatoms. The van der Waals surface area contributed by atoms with Crippen LogP contribution in [0.5, 0.6) is 5.75 Å². The molecule has 4 N–H and O–H groups in total. The number of benzene rings is 1. The van der Waals surface area contributed by atoms with Gasteiger partial charge < -0.3 is 21.1 Å². The lowest BCUT2D eigenvalue weighted by Crippen LogP contribution is -2.50. The van der Waals surface area contributed by atoms with Crippen LogP contribution in [0.1, 0.15) is 11.3 Å². The predicted octanol–water partition coefficient (Wildman–Crippen LogP) is 2.71. The number of methoxy groups -OCH3 is 1. The van der Waals surface area contributed by atoms with Crippen LogP contribution in [0.3, 0.4) is 0 Å². The third kappa shape index (κ3) is 3.51. The van der Waals surface area contributed by atoms with E-state index >= 15 is 0 Å². The minimum absolute atomic E-state index is 0.365. The van der Waals surface area contributed by atoms with Crippen molar-refractivity contribution in [1.29, 1.82) is 0 Å². The molecule has 32 heavy (non-hydrogen) atoms.